The number of hydrogen-bond donors (Lipinski definition) is 1. The van der Waals surface area contributed by atoms with Crippen LogP contribution in [0.5, 0.6) is 0 Å². The molecule has 1 spiro atoms. The van der Waals surface area contributed by atoms with Crippen molar-refractivity contribution < 1.29 is 4.79 Å². The molecule has 1 amide bonds. The van der Waals surface area contributed by atoms with E-state index in [9.17, 15) is 4.79 Å². The van der Waals surface area contributed by atoms with Crippen LogP contribution in [0.1, 0.15) is 56.7 Å². The Balaban J connectivity index is 1.71. The fourth-order valence-corrected chi connectivity index (χ4v) is 4.25. The average molecular weight is 305 g/mol. The summed E-state index contributed by atoms with van der Waals surface area (Å²) in [5.41, 5.74) is 0.814. The van der Waals surface area contributed by atoms with Crippen molar-refractivity contribution >= 4 is 17.5 Å². The van der Waals surface area contributed by atoms with Crippen LogP contribution >= 0.6 is 11.6 Å². The lowest BCUT2D eigenvalue weighted by Gasteiger charge is -2.38. The topological polar surface area (TPSA) is 32.3 Å². The summed E-state index contributed by atoms with van der Waals surface area (Å²) in [6, 6.07) is 8.35. The van der Waals surface area contributed by atoms with Crippen LogP contribution in [0.2, 0.25) is 5.02 Å². The van der Waals surface area contributed by atoms with Crippen LogP contribution in [0.3, 0.4) is 0 Å². The van der Waals surface area contributed by atoms with Gasteiger partial charge < -0.3 is 4.90 Å². The van der Waals surface area contributed by atoms with Crippen LogP contribution in [0.25, 0.3) is 0 Å². The summed E-state index contributed by atoms with van der Waals surface area (Å²) in [5, 5.41) is 4.42. The van der Waals surface area contributed by atoms with Crippen LogP contribution in [0.15, 0.2) is 24.3 Å². The van der Waals surface area contributed by atoms with Crippen LogP contribution in [-0.4, -0.2) is 22.4 Å². The normalized spacial score (nSPS) is 28.3. The Morgan fingerprint density at radius 3 is 2.57 bits per heavy atom. The molecule has 4 rings (SSSR count). The highest BCUT2D eigenvalue weighted by molar-refractivity contribution is 6.30. The molecule has 3 nitrogen and oxygen atoms in total. The second kappa shape index (κ2) is 4.99. The van der Waals surface area contributed by atoms with E-state index in [2.05, 4.69) is 16.3 Å². The van der Waals surface area contributed by atoms with Crippen LogP contribution in [0.4, 0.5) is 0 Å². The summed E-state index contributed by atoms with van der Waals surface area (Å²) in [7, 11) is 0. The Hall–Kier alpha value is -1.06. The molecular weight excluding hydrogens is 284 g/mol. The molecule has 1 atom stereocenters. The van der Waals surface area contributed by atoms with E-state index in [1.165, 1.54) is 6.42 Å². The largest absolute Gasteiger partial charge is 0.318 e. The first kappa shape index (κ1) is 13.6. The van der Waals surface area contributed by atoms with Crippen LogP contribution in [-0.2, 0) is 4.79 Å². The van der Waals surface area contributed by atoms with Crippen molar-refractivity contribution in [3.8, 4) is 0 Å². The molecule has 21 heavy (non-hydrogen) atoms. The number of rotatable bonds is 2. The maximum absolute atomic E-state index is 13.1. The summed E-state index contributed by atoms with van der Waals surface area (Å²) in [4.78, 5) is 15.2. The lowest BCUT2D eigenvalue weighted by atomic mass is 9.89. The van der Waals surface area contributed by atoms with E-state index in [1.54, 1.807) is 0 Å². The van der Waals surface area contributed by atoms with E-state index in [0.717, 1.165) is 49.1 Å². The minimum Gasteiger partial charge on any atom is -0.318 e. The summed E-state index contributed by atoms with van der Waals surface area (Å²) >= 11 is 6.15. The van der Waals surface area contributed by atoms with Crippen molar-refractivity contribution in [2.24, 2.45) is 0 Å². The van der Waals surface area contributed by atoms with Crippen molar-refractivity contribution in [3.63, 3.8) is 0 Å². The smallest absolute Gasteiger partial charge is 0.244 e. The summed E-state index contributed by atoms with van der Waals surface area (Å²) < 4.78 is 0. The third-order valence-corrected chi connectivity index (χ3v) is 5.66. The van der Waals surface area contributed by atoms with Gasteiger partial charge in [0.1, 0.15) is 6.17 Å². The SMILES string of the molecule is O=C1N(C2CCC2)C(c2cccc(Cl)c2)NC12CCCC2. The van der Waals surface area contributed by atoms with Crippen LogP contribution in [0, 0.1) is 0 Å². The molecule has 4 heteroatoms. The molecule has 2 saturated carbocycles. The van der Waals surface area contributed by atoms with E-state index < -0.39 is 0 Å². The number of carbonyl (C=O) groups excluding carboxylic acids is 1. The number of hydrogen-bond acceptors (Lipinski definition) is 2. The maximum Gasteiger partial charge on any atom is 0.244 e. The molecule has 1 aromatic carbocycles. The Morgan fingerprint density at radius 1 is 1.19 bits per heavy atom. The van der Waals surface area contributed by atoms with E-state index >= 15 is 0 Å². The Labute approximate surface area is 130 Å². The molecular formula is C17H21ClN2O. The quantitative estimate of drug-likeness (QED) is 0.905. The molecule has 0 bridgehead atoms. The van der Waals surface area contributed by atoms with Gasteiger partial charge in [-0.05, 0) is 49.8 Å². The second-order valence-corrected chi connectivity index (χ2v) is 7.12. The number of halogens is 1. The highest BCUT2D eigenvalue weighted by Gasteiger charge is 2.54. The van der Waals surface area contributed by atoms with Crippen molar-refractivity contribution in [2.45, 2.75) is 62.7 Å². The molecule has 1 aliphatic heterocycles. The minimum atomic E-state index is -0.303. The molecule has 1 N–H and O–H groups in total. The highest BCUT2D eigenvalue weighted by atomic mass is 35.5. The molecule has 1 heterocycles. The second-order valence-electron chi connectivity index (χ2n) is 6.69. The van der Waals surface area contributed by atoms with Gasteiger partial charge in [-0.2, -0.15) is 0 Å². The lowest BCUT2D eigenvalue weighted by Crippen LogP contribution is -2.47. The fourth-order valence-electron chi connectivity index (χ4n) is 4.06. The van der Waals surface area contributed by atoms with Gasteiger partial charge in [-0.3, -0.25) is 10.1 Å². The first-order valence-electron chi connectivity index (χ1n) is 8.06. The monoisotopic (exact) mass is 304 g/mol. The Morgan fingerprint density at radius 2 is 1.95 bits per heavy atom. The van der Waals surface area contributed by atoms with Crippen molar-refractivity contribution in [3.05, 3.63) is 34.9 Å². The fraction of sp³-hybridized carbons (Fsp3) is 0.588. The molecule has 0 aromatic heterocycles. The molecule has 112 valence electrons. The van der Waals surface area contributed by atoms with E-state index in [4.69, 9.17) is 11.6 Å². The summed E-state index contributed by atoms with van der Waals surface area (Å²) in [6.45, 7) is 0. The number of benzene rings is 1. The number of carbonyl (C=O) groups is 1. The van der Waals surface area contributed by atoms with Crippen molar-refractivity contribution in [1.82, 2.24) is 10.2 Å². The van der Waals surface area contributed by atoms with E-state index in [-0.39, 0.29) is 11.7 Å². The predicted octanol–water partition coefficient (Wildman–Crippen LogP) is 3.64. The number of nitrogens with one attached hydrogen (secondary N) is 1. The number of amides is 1. The number of nitrogens with zero attached hydrogens (tertiary/aromatic N) is 1. The molecule has 1 unspecified atom stereocenters. The standard InChI is InChI=1S/C17H21ClN2O/c18-13-6-3-5-12(11-13)15-19-17(9-1-2-10-17)16(21)20(15)14-7-4-8-14/h3,5-6,11,14-15,19H,1-2,4,7-10H2. The zero-order valence-electron chi connectivity index (χ0n) is 12.1. The average Bonchev–Trinajstić information content (AvgIpc) is 2.99. The Bertz CT molecular complexity index is 564. The van der Waals surface area contributed by atoms with Crippen molar-refractivity contribution in [1.29, 1.82) is 0 Å². The van der Waals surface area contributed by atoms with Crippen LogP contribution < -0.4 is 5.32 Å². The molecule has 1 saturated heterocycles. The van der Waals surface area contributed by atoms with E-state index in [1.807, 2.05) is 18.2 Å². The Kier molecular flexibility index (Phi) is 3.23. The van der Waals surface area contributed by atoms with Gasteiger partial charge >= 0.3 is 0 Å². The molecule has 3 fully saturated rings. The minimum absolute atomic E-state index is 0.000370. The molecule has 2 aliphatic carbocycles. The molecule has 0 radical (unpaired) electrons. The van der Waals surface area contributed by atoms with Gasteiger partial charge in [-0.1, -0.05) is 36.6 Å². The highest BCUT2D eigenvalue weighted by Crippen LogP contribution is 2.44. The zero-order chi connectivity index (χ0) is 14.4. The first-order chi connectivity index (χ1) is 10.2. The third kappa shape index (κ3) is 2.09. The maximum atomic E-state index is 13.1. The van der Waals surface area contributed by atoms with Gasteiger partial charge in [0, 0.05) is 11.1 Å². The molecule has 3 aliphatic rings. The van der Waals surface area contributed by atoms with Crippen molar-refractivity contribution in [2.75, 3.05) is 0 Å². The zero-order valence-corrected chi connectivity index (χ0v) is 12.9. The van der Waals surface area contributed by atoms with E-state index in [0.29, 0.717) is 11.9 Å². The summed E-state index contributed by atoms with van der Waals surface area (Å²) in [5.74, 6) is 0.328. The van der Waals surface area contributed by atoms with Gasteiger partial charge in [0.25, 0.3) is 0 Å². The van der Waals surface area contributed by atoms with Gasteiger partial charge in [-0.25, -0.2) is 0 Å². The first-order valence-corrected chi connectivity index (χ1v) is 8.43. The van der Waals surface area contributed by atoms with Gasteiger partial charge in [0.15, 0.2) is 0 Å². The van der Waals surface area contributed by atoms with Gasteiger partial charge in [0.2, 0.25) is 5.91 Å². The predicted molar refractivity (Wildman–Crippen MR) is 83.0 cm³/mol. The van der Waals surface area contributed by atoms with Gasteiger partial charge in [0.05, 0.1) is 5.54 Å². The van der Waals surface area contributed by atoms with Gasteiger partial charge in [-0.15, -0.1) is 0 Å². The third-order valence-electron chi connectivity index (χ3n) is 5.42. The lowest BCUT2D eigenvalue weighted by molar-refractivity contribution is -0.137. The molecule has 1 aromatic rings. The summed E-state index contributed by atoms with van der Waals surface area (Å²) in [6.07, 6.45) is 7.78.